The highest BCUT2D eigenvalue weighted by Crippen LogP contribution is 2.58. The molecule has 1 saturated heterocycles. The van der Waals surface area contributed by atoms with E-state index in [1.165, 1.54) is 4.88 Å². The molecule has 1 aromatic heterocycles. The summed E-state index contributed by atoms with van der Waals surface area (Å²) in [4.78, 5) is 17.9. The molecule has 0 aromatic carbocycles. The molecule has 1 atom stereocenters. The first-order chi connectivity index (χ1) is 9.61. The summed E-state index contributed by atoms with van der Waals surface area (Å²) in [6.07, 6.45) is 4.33. The summed E-state index contributed by atoms with van der Waals surface area (Å²) in [5.74, 6) is 0.541. The molecule has 2 N–H and O–H groups in total. The smallest absolute Gasteiger partial charge is 0.223 e. The molecule has 3 rings (SSSR count). The molecule has 4 nitrogen and oxygen atoms in total. The molecule has 7 heteroatoms. The molecule has 2 heterocycles. The first-order valence-corrected chi connectivity index (χ1v) is 8.34. The van der Waals surface area contributed by atoms with Gasteiger partial charge in [0, 0.05) is 23.8 Å². The van der Waals surface area contributed by atoms with Gasteiger partial charge >= 0.3 is 0 Å². The molecule has 1 saturated carbocycles. The van der Waals surface area contributed by atoms with Gasteiger partial charge in [-0.3, -0.25) is 4.79 Å². The van der Waals surface area contributed by atoms with Crippen LogP contribution in [0.15, 0.2) is 0 Å². The van der Waals surface area contributed by atoms with Crippen molar-refractivity contribution in [3.63, 3.8) is 0 Å². The number of nitrogens with zero attached hydrogens (tertiary/aromatic N) is 1. The molecule has 1 spiro atoms. The summed E-state index contributed by atoms with van der Waals surface area (Å²) >= 11 is 1.74. The summed E-state index contributed by atoms with van der Waals surface area (Å²) in [6, 6.07) is 0. The summed E-state index contributed by atoms with van der Waals surface area (Å²) < 4.78 is 0. The van der Waals surface area contributed by atoms with Gasteiger partial charge in [-0.15, -0.1) is 36.2 Å². The van der Waals surface area contributed by atoms with E-state index in [9.17, 15) is 4.79 Å². The van der Waals surface area contributed by atoms with Gasteiger partial charge in [0.2, 0.25) is 5.91 Å². The lowest BCUT2D eigenvalue weighted by atomic mass is 9.92. The van der Waals surface area contributed by atoms with Crippen molar-refractivity contribution in [3.8, 4) is 0 Å². The Morgan fingerprint density at radius 3 is 2.64 bits per heavy atom. The number of halogens is 2. The zero-order chi connectivity index (χ0) is 14.2. The summed E-state index contributed by atoms with van der Waals surface area (Å²) in [5.41, 5.74) is 1.45. The minimum atomic E-state index is 0. The van der Waals surface area contributed by atoms with E-state index in [4.69, 9.17) is 0 Å². The van der Waals surface area contributed by atoms with Crippen molar-refractivity contribution >= 4 is 42.1 Å². The minimum absolute atomic E-state index is 0. The van der Waals surface area contributed by atoms with Gasteiger partial charge in [0.05, 0.1) is 10.7 Å². The zero-order valence-electron chi connectivity index (χ0n) is 13.1. The Kier molecular flexibility index (Phi) is 7.12. The molecule has 0 radical (unpaired) electrons. The van der Waals surface area contributed by atoms with Crippen molar-refractivity contribution in [2.45, 2.75) is 39.5 Å². The van der Waals surface area contributed by atoms with Crippen LogP contribution in [0.25, 0.3) is 0 Å². The van der Waals surface area contributed by atoms with E-state index in [2.05, 4.69) is 15.6 Å². The first-order valence-electron chi connectivity index (χ1n) is 7.52. The van der Waals surface area contributed by atoms with Gasteiger partial charge < -0.3 is 10.6 Å². The number of nitrogens with one attached hydrogen (secondary N) is 2. The largest absolute Gasteiger partial charge is 0.355 e. The molecule has 1 aliphatic heterocycles. The average Bonchev–Trinajstić information content (AvgIpc) is 3.01. The lowest BCUT2D eigenvalue weighted by molar-refractivity contribution is -0.123. The Bertz CT molecular complexity index is 515. The van der Waals surface area contributed by atoms with Crippen molar-refractivity contribution < 1.29 is 4.79 Å². The van der Waals surface area contributed by atoms with E-state index in [1.54, 1.807) is 11.3 Å². The molecular weight excluding hydrogens is 341 g/mol. The number of piperidine rings is 1. The maximum Gasteiger partial charge on any atom is 0.223 e. The highest BCUT2D eigenvalue weighted by atomic mass is 35.5. The monoisotopic (exact) mass is 365 g/mol. The van der Waals surface area contributed by atoms with Gasteiger partial charge in [-0.25, -0.2) is 4.98 Å². The number of aryl methyl sites for hydroxylation is 2. The Hall–Kier alpha value is -0.360. The van der Waals surface area contributed by atoms with Gasteiger partial charge in [0.25, 0.3) is 0 Å². The normalized spacial score (nSPS) is 21.6. The van der Waals surface area contributed by atoms with Crippen molar-refractivity contribution in [2.24, 2.45) is 11.3 Å². The second-order valence-electron chi connectivity index (χ2n) is 6.15. The topological polar surface area (TPSA) is 54.0 Å². The van der Waals surface area contributed by atoms with Crippen molar-refractivity contribution in [3.05, 3.63) is 15.6 Å². The Morgan fingerprint density at radius 2 is 2.05 bits per heavy atom. The van der Waals surface area contributed by atoms with E-state index >= 15 is 0 Å². The predicted molar refractivity (Wildman–Crippen MR) is 95.4 cm³/mol. The van der Waals surface area contributed by atoms with Gasteiger partial charge in [-0.05, 0) is 51.6 Å². The minimum Gasteiger partial charge on any atom is -0.355 e. The van der Waals surface area contributed by atoms with Crippen LogP contribution in [0.2, 0.25) is 0 Å². The molecule has 1 amide bonds. The number of thiazole rings is 1. The molecule has 0 bridgehead atoms. The van der Waals surface area contributed by atoms with E-state index in [0.717, 1.165) is 56.0 Å². The van der Waals surface area contributed by atoms with Gasteiger partial charge in [0.1, 0.15) is 0 Å². The quantitative estimate of drug-likeness (QED) is 0.862. The van der Waals surface area contributed by atoms with Crippen LogP contribution in [0.5, 0.6) is 0 Å². The van der Waals surface area contributed by atoms with E-state index in [0.29, 0.717) is 5.41 Å². The van der Waals surface area contributed by atoms with Crippen LogP contribution in [0, 0.1) is 25.2 Å². The maximum atomic E-state index is 12.2. The van der Waals surface area contributed by atoms with E-state index in [-0.39, 0.29) is 36.6 Å². The summed E-state index contributed by atoms with van der Waals surface area (Å²) in [7, 11) is 0. The van der Waals surface area contributed by atoms with Crippen molar-refractivity contribution in [2.75, 3.05) is 19.6 Å². The first kappa shape index (κ1) is 19.7. The van der Waals surface area contributed by atoms with Crippen LogP contribution in [0.4, 0.5) is 0 Å². The van der Waals surface area contributed by atoms with Crippen LogP contribution in [-0.2, 0) is 11.2 Å². The number of hydrogen-bond donors (Lipinski definition) is 2. The molecule has 126 valence electrons. The molecule has 2 fully saturated rings. The highest BCUT2D eigenvalue weighted by molar-refractivity contribution is 7.11. The molecule has 1 aromatic rings. The van der Waals surface area contributed by atoms with Gasteiger partial charge in [0.15, 0.2) is 0 Å². The number of hydrogen-bond acceptors (Lipinski definition) is 4. The van der Waals surface area contributed by atoms with Crippen LogP contribution < -0.4 is 10.6 Å². The summed E-state index contributed by atoms with van der Waals surface area (Å²) in [5, 5.41) is 7.61. The highest BCUT2D eigenvalue weighted by Gasteiger charge is 2.57. The Labute approximate surface area is 148 Å². The third kappa shape index (κ3) is 4.13. The number of aromatic nitrogens is 1. The second-order valence-corrected chi connectivity index (χ2v) is 7.44. The zero-order valence-corrected chi connectivity index (χ0v) is 15.6. The predicted octanol–water partition coefficient (Wildman–Crippen LogP) is 2.65. The number of amides is 1. The van der Waals surface area contributed by atoms with Gasteiger partial charge in [-0.1, -0.05) is 0 Å². The standard InChI is InChI=1S/C15H23N3OS.2ClH/c1-10-13(20-11(2)18-10)3-6-17-14(19)12-9-15(12)4-7-16-8-5-15;;/h12,16H,3-9H2,1-2H3,(H,17,19);2*1H. The van der Waals surface area contributed by atoms with E-state index < -0.39 is 0 Å². The van der Waals surface area contributed by atoms with Crippen molar-refractivity contribution in [1.82, 2.24) is 15.6 Å². The fourth-order valence-corrected chi connectivity index (χ4v) is 4.36. The molecule has 1 unspecified atom stereocenters. The Balaban J connectivity index is 0.00000121. The van der Waals surface area contributed by atoms with Crippen LogP contribution >= 0.6 is 36.2 Å². The average molecular weight is 366 g/mol. The van der Waals surface area contributed by atoms with Crippen LogP contribution in [-0.4, -0.2) is 30.5 Å². The number of rotatable bonds is 4. The Morgan fingerprint density at radius 1 is 1.36 bits per heavy atom. The second kappa shape index (κ2) is 7.95. The lowest BCUT2D eigenvalue weighted by Crippen LogP contribution is -2.34. The molecular formula is C15H25Cl2N3OS. The van der Waals surface area contributed by atoms with Gasteiger partial charge in [-0.2, -0.15) is 0 Å². The molecule has 22 heavy (non-hydrogen) atoms. The molecule has 2 aliphatic rings. The van der Waals surface area contributed by atoms with Crippen LogP contribution in [0.3, 0.4) is 0 Å². The number of carbonyl (C=O) groups excluding carboxylic acids is 1. The van der Waals surface area contributed by atoms with Crippen LogP contribution in [0.1, 0.15) is 34.8 Å². The van der Waals surface area contributed by atoms with Crippen molar-refractivity contribution in [1.29, 1.82) is 0 Å². The fourth-order valence-electron chi connectivity index (χ4n) is 3.42. The maximum absolute atomic E-state index is 12.2. The molecule has 1 aliphatic carbocycles. The third-order valence-electron chi connectivity index (χ3n) is 4.76. The summed E-state index contributed by atoms with van der Waals surface area (Å²) in [6.45, 7) is 6.97. The third-order valence-corrected chi connectivity index (χ3v) is 5.89. The SMILES string of the molecule is Cc1nc(C)c(CCNC(=O)C2CC23CCNCC3)s1.Cl.Cl. The fraction of sp³-hybridized carbons (Fsp3) is 0.733. The lowest BCUT2D eigenvalue weighted by Gasteiger charge is -2.23. The van der Waals surface area contributed by atoms with E-state index in [1.807, 2.05) is 13.8 Å². The number of carbonyl (C=O) groups is 1.